The third kappa shape index (κ3) is 6.77. The van der Waals surface area contributed by atoms with E-state index in [1.165, 1.54) is 0 Å². The topological polar surface area (TPSA) is 41.1 Å². The number of anilines is 1. The molecule has 0 spiro atoms. The maximum atomic E-state index is 11.9. The lowest BCUT2D eigenvalue weighted by Gasteiger charge is -2.28. The maximum absolute atomic E-state index is 11.9. The van der Waals surface area contributed by atoms with Gasteiger partial charge in [-0.05, 0) is 25.0 Å². The van der Waals surface area contributed by atoms with E-state index >= 15 is 0 Å². The lowest BCUT2D eigenvalue weighted by molar-refractivity contribution is -0.121. The number of para-hydroxylation sites is 1. The van der Waals surface area contributed by atoms with Gasteiger partial charge in [0.15, 0.2) is 0 Å². The summed E-state index contributed by atoms with van der Waals surface area (Å²) in [6.07, 6.45) is 2.55. The summed E-state index contributed by atoms with van der Waals surface area (Å²) in [5, 5.41) is 5.83. The molecule has 0 saturated heterocycles. The molecule has 1 rings (SSSR count). The normalized spacial score (nSPS) is 12.8. The van der Waals surface area contributed by atoms with E-state index in [0.29, 0.717) is 6.42 Å². The zero-order chi connectivity index (χ0) is 15.9. The molecule has 0 bridgehead atoms. The van der Waals surface area contributed by atoms with Crippen molar-refractivity contribution >= 4 is 46.4 Å². The van der Waals surface area contributed by atoms with E-state index in [4.69, 9.17) is 34.8 Å². The molecule has 1 aromatic rings. The van der Waals surface area contributed by atoms with Crippen LogP contribution in [-0.2, 0) is 4.79 Å². The number of hydrogen-bond donors (Lipinski definition) is 2. The highest BCUT2D eigenvalue weighted by molar-refractivity contribution is 6.68. The average molecular weight is 352 g/mol. The zero-order valence-electron chi connectivity index (χ0n) is 12.3. The summed E-state index contributed by atoms with van der Waals surface area (Å²) in [7, 11) is 0. The van der Waals surface area contributed by atoms with Gasteiger partial charge in [0.1, 0.15) is 6.17 Å². The Balaban J connectivity index is 2.69. The Labute approximate surface area is 141 Å². The molecule has 0 radical (unpaired) electrons. The van der Waals surface area contributed by atoms with Crippen molar-refractivity contribution in [1.29, 1.82) is 0 Å². The van der Waals surface area contributed by atoms with E-state index in [-0.39, 0.29) is 5.91 Å². The Morgan fingerprint density at radius 1 is 1.24 bits per heavy atom. The van der Waals surface area contributed by atoms with Crippen LogP contribution in [0.15, 0.2) is 24.3 Å². The van der Waals surface area contributed by atoms with E-state index in [0.717, 1.165) is 30.5 Å². The fourth-order valence-corrected chi connectivity index (χ4v) is 2.19. The van der Waals surface area contributed by atoms with Crippen LogP contribution in [0.2, 0.25) is 0 Å². The second kappa shape index (κ2) is 8.72. The van der Waals surface area contributed by atoms with Crippen molar-refractivity contribution in [2.24, 2.45) is 0 Å². The Bertz CT molecular complexity index is 460. The third-order valence-electron chi connectivity index (χ3n) is 3.08. The predicted molar refractivity (Wildman–Crippen MR) is 91.2 cm³/mol. The van der Waals surface area contributed by atoms with Crippen LogP contribution in [0.1, 0.15) is 38.2 Å². The first-order valence-corrected chi connectivity index (χ1v) is 8.16. The molecule has 118 valence electrons. The summed E-state index contributed by atoms with van der Waals surface area (Å²) in [6, 6.07) is 7.63. The summed E-state index contributed by atoms with van der Waals surface area (Å²) in [5.74, 6) is -0.124. The first kappa shape index (κ1) is 18.4. The summed E-state index contributed by atoms with van der Waals surface area (Å²) < 4.78 is -1.64. The zero-order valence-corrected chi connectivity index (χ0v) is 14.5. The molecule has 0 aliphatic rings. The SMILES string of the molecule is CCCCCC(=O)NC(Nc1ccccc1C)C(Cl)(Cl)Cl. The summed E-state index contributed by atoms with van der Waals surface area (Å²) in [6.45, 7) is 4.03. The van der Waals surface area contributed by atoms with Crippen molar-refractivity contribution in [3.05, 3.63) is 29.8 Å². The van der Waals surface area contributed by atoms with Gasteiger partial charge in [0.05, 0.1) is 0 Å². The van der Waals surface area contributed by atoms with E-state index < -0.39 is 9.96 Å². The molecule has 1 unspecified atom stereocenters. The van der Waals surface area contributed by atoms with Gasteiger partial charge in [-0.25, -0.2) is 0 Å². The van der Waals surface area contributed by atoms with Crippen molar-refractivity contribution < 1.29 is 4.79 Å². The minimum Gasteiger partial charge on any atom is -0.362 e. The van der Waals surface area contributed by atoms with Crippen LogP contribution in [0, 0.1) is 6.92 Å². The first-order valence-electron chi connectivity index (χ1n) is 7.03. The number of hydrogen-bond acceptors (Lipinski definition) is 2. The number of amides is 1. The molecular weight excluding hydrogens is 331 g/mol. The molecule has 0 aromatic heterocycles. The highest BCUT2D eigenvalue weighted by Crippen LogP contribution is 2.31. The summed E-state index contributed by atoms with van der Waals surface area (Å²) in [5.41, 5.74) is 1.83. The molecule has 1 amide bonds. The highest BCUT2D eigenvalue weighted by atomic mass is 35.6. The van der Waals surface area contributed by atoms with Crippen molar-refractivity contribution in [3.63, 3.8) is 0 Å². The molecule has 21 heavy (non-hydrogen) atoms. The number of nitrogens with one attached hydrogen (secondary N) is 2. The second-order valence-electron chi connectivity index (χ2n) is 4.96. The minimum atomic E-state index is -1.64. The molecule has 6 heteroatoms. The van der Waals surface area contributed by atoms with Gasteiger partial charge < -0.3 is 10.6 Å². The fraction of sp³-hybridized carbons (Fsp3) is 0.533. The van der Waals surface area contributed by atoms with E-state index in [1.807, 2.05) is 31.2 Å². The first-order chi connectivity index (χ1) is 9.84. The van der Waals surface area contributed by atoms with Crippen LogP contribution < -0.4 is 10.6 Å². The van der Waals surface area contributed by atoms with E-state index in [2.05, 4.69) is 17.6 Å². The molecule has 0 aliphatic heterocycles. The molecule has 1 atom stereocenters. The number of halogens is 3. The average Bonchev–Trinajstić information content (AvgIpc) is 2.39. The van der Waals surface area contributed by atoms with Gasteiger partial charge in [0.25, 0.3) is 0 Å². The van der Waals surface area contributed by atoms with Crippen LogP contribution in [0.4, 0.5) is 5.69 Å². The molecule has 0 heterocycles. The lowest BCUT2D eigenvalue weighted by Crippen LogP contribution is -2.49. The molecule has 0 saturated carbocycles. The van der Waals surface area contributed by atoms with E-state index in [1.54, 1.807) is 0 Å². The Kier molecular flexibility index (Phi) is 7.64. The number of alkyl halides is 3. The standard InChI is InChI=1S/C15H21Cl3N2O/c1-3-4-5-10-13(21)20-14(15(16,17)18)19-12-9-7-6-8-11(12)2/h6-9,14,19H,3-5,10H2,1-2H3,(H,20,21). The van der Waals surface area contributed by atoms with Crippen LogP contribution >= 0.6 is 34.8 Å². The van der Waals surface area contributed by atoms with Gasteiger partial charge in [-0.1, -0.05) is 72.8 Å². The van der Waals surface area contributed by atoms with Crippen molar-refractivity contribution in [1.82, 2.24) is 5.32 Å². The van der Waals surface area contributed by atoms with Gasteiger partial charge in [0.2, 0.25) is 9.70 Å². The smallest absolute Gasteiger partial charge is 0.228 e. The second-order valence-corrected chi connectivity index (χ2v) is 7.33. The number of carbonyl (C=O) groups is 1. The molecule has 2 N–H and O–H groups in total. The quantitative estimate of drug-likeness (QED) is 0.421. The molecule has 1 aromatic carbocycles. The number of benzene rings is 1. The van der Waals surface area contributed by atoms with Crippen molar-refractivity contribution in [2.45, 2.75) is 49.5 Å². The van der Waals surface area contributed by atoms with Gasteiger partial charge in [0, 0.05) is 12.1 Å². The van der Waals surface area contributed by atoms with Crippen molar-refractivity contribution in [3.8, 4) is 0 Å². The highest BCUT2D eigenvalue weighted by Gasteiger charge is 2.34. The Hall–Kier alpha value is -0.640. The molecular formula is C15H21Cl3N2O. The number of unbranched alkanes of at least 4 members (excludes halogenated alkanes) is 2. The van der Waals surface area contributed by atoms with Crippen LogP contribution in [0.25, 0.3) is 0 Å². The van der Waals surface area contributed by atoms with Crippen molar-refractivity contribution in [2.75, 3.05) is 5.32 Å². The van der Waals surface area contributed by atoms with Gasteiger partial charge in [-0.15, -0.1) is 0 Å². The number of aryl methyl sites for hydroxylation is 1. The summed E-state index contributed by atoms with van der Waals surface area (Å²) in [4.78, 5) is 11.9. The largest absolute Gasteiger partial charge is 0.362 e. The van der Waals surface area contributed by atoms with Crippen LogP contribution in [0.5, 0.6) is 0 Å². The van der Waals surface area contributed by atoms with Crippen LogP contribution in [-0.4, -0.2) is 15.9 Å². The van der Waals surface area contributed by atoms with Crippen LogP contribution in [0.3, 0.4) is 0 Å². The van der Waals surface area contributed by atoms with Gasteiger partial charge in [-0.3, -0.25) is 4.79 Å². The third-order valence-corrected chi connectivity index (χ3v) is 3.74. The summed E-state index contributed by atoms with van der Waals surface area (Å²) >= 11 is 17.9. The number of carbonyl (C=O) groups excluding carboxylic acids is 1. The number of rotatable bonds is 7. The lowest BCUT2D eigenvalue weighted by atomic mass is 10.2. The fourth-order valence-electron chi connectivity index (χ4n) is 1.86. The minimum absolute atomic E-state index is 0.124. The molecule has 0 aliphatic carbocycles. The monoisotopic (exact) mass is 350 g/mol. The predicted octanol–water partition coefficient (Wildman–Crippen LogP) is 4.80. The Morgan fingerprint density at radius 3 is 2.48 bits per heavy atom. The van der Waals surface area contributed by atoms with Gasteiger partial charge >= 0.3 is 0 Å². The Morgan fingerprint density at radius 2 is 1.90 bits per heavy atom. The van der Waals surface area contributed by atoms with E-state index in [9.17, 15) is 4.79 Å². The van der Waals surface area contributed by atoms with Gasteiger partial charge in [-0.2, -0.15) is 0 Å². The molecule has 3 nitrogen and oxygen atoms in total. The maximum Gasteiger partial charge on any atom is 0.228 e. The molecule has 0 fully saturated rings.